The molecule has 0 N–H and O–H groups in total. The molecule has 1 fully saturated rings. The van der Waals surface area contributed by atoms with E-state index in [0.717, 1.165) is 39.0 Å². The number of carbonyl (C=O) groups excluding carboxylic acids is 1. The van der Waals surface area contributed by atoms with Crippen LogP contribution >= 0.6 is 0 Å². The predicted octanol–water partition coefficient (Wildman–Crippen LogP) is 0.559. The summed E-state index contributed by atoms with van der Waals surface area (Å²) in [6.45, 7) is 8.39. The van der Waals surface area contributed by atoms with Crippen LogP contribution in [0.2, 0.25) is 0 Å². The first-order valence-corrected chi connectivity index (χ1v) is 4.75. The molecule has 70 valence electrons. The standard InChI is InChI=1S/C9H18N2O/c1-3-11(4-2)9-5-6-10(7-9)8-12/h8-9H,3-7H2,1-2H3. The first-order valence-electron chi connectivity index (χ1n) is 4.75. The first-order chi connectivity index (χ1) is 5.81. The van der Waals surface area contributed by atoms with Crippen LogP contribution in [0.1, 0.15) is 20.3 Å². The zero-order valence-electron chi connectivity index (χ0n) is 7.99. The van der Waals surface area contributed by atoms with Gasteiger partial charge >= 0.3 is 0 Å². The minimum atomic E-state index is 0.602. The van der Waals surface area contributed by atoms with Crippen molar-refractivity contribution in [1.29, 1.82) is 0 Å². The summed E-state index contributed by atoms with van der Waals surface area (Å²) < 4.78 is 0. The molecule has 1 aliphatic rings. The zero-order chi connectivity index (χ0) is 8.97. The quantitative estimate of drug-likeness (QED) is 0.576. The van der Waals surface area contributed by atoms with Crippen LogP contribution in [0.4, 0.5) is 0 Å². The summed E-state index contributed by atoms with van der Waals surface area (Å²) in [5.41, 5.74) is 0. The van der Waals surface area contributed by atoms with Gasteiger partial charge in [0.05, 0.1) is 0 Å². The van der Waals surface area contributed by atoms with Crippen molar-refractivity contribution in [2.24, 2.45) is 0 Å². The molecule has 0 bridgehead atoms. The number of amides is 1. The fourth-order valence-corrected chi connectivity index (χ4v) is 1.90. The van der Waals surface area contributed by atoms with E-state index in [2.05, 4.69) is 18.7 Å². The van der Waals surface area contributed by atoms with E-state index in [0.29, 0.717) is 6.04 Å². The third-order valence-corrected chi connectivity index (χ3v) is 2.67. The summed E-state index contributed by atoms with van der Waals surface area (Å²) in [5, 5.41) is 0. The molecule has 1 atom stereocenters. The number of likely N-dealkylation sites (tertiary alicyclic amines) is 1. The van der Waals surface area contributed by atoms with Crippen LogP contribution in [0.15, 0.2) is 0 Å². The number of carbonyl (C=O) groups is 1. The van der Waals surface area contributed by atoms with E-state index in [9.17, 15) is 4.79 Å². The van der Waals surface area contributed by atoms with Gasteiger partial charge < -0.3 is 4.90 Å². The monoisotopic (exact) mass is 170 g/mol. The Morgan fingerprint density at radius 2 is 2.17 bits per heavy atom. The van der Waals surface area contributed by atoms with Gasteiger partial charge in [-0.3, -0.25) is 9.69 Å². The Morgan fingerprint density at radius 1 is 1.50 bits per heavy atom. The lowest BCUT2D eigenvalue weighted by Crippen LogP contribution is -2.37. The average Bonchev–Trinajstić information content (AvgIpc) is 2.55. The number of rotatable bonds is 4. The molecule has 3 nitrogen and oxygen atoms in total. The SMILES string of the molecule is CCN(CC)C1CCN(C=O)C1. The molecular formula is C9H18N2O. The van der Waals surface area contributed by atoms with E-state index in [4.69, 9.17) is 0 Å². The maximum Gasteiger partial charge on any atom is 0.209 e. The second kappa shape index (κ2) is 4.45. The van der Waals surface area contributed by atoms with Gasteiger partial charge in [0.2, 0.25) is 6.41 Å². The van der Waals surface area contributed by atoms with E-state index >= 15 is 0 Å². The highest BCUT2D eigenvalue weighted by atomic mass is 16.1. The van der Waals surface area contributed by atoms with Crippen LogP contribution in [-0.4, -0.2) is 48.4 Å². The zero-order valence-corrected chi connectivity index (χ0v) is 7.99. The Balaban J connectivity index is 2.38. The molecule has 3 heteroatoms. The molecule has 0 aromatic rings. The lowest BCUT2D eigenvalue weighted by atomic mass is 10.2. The summed E-state index contributed by atoms with van der Waals surface area (Å²) in [4.78, 5) is 14.7. The van der Waals surface area contributed by atoms with Crippen LogP contribution in [-0.2, 0) is 4.79 Å². The fraction of sp³-hybridized carbons (Fsp3) is 0.889. The van der Waals surface area contributed by atoms with Crippen molar-refractivity contribution in [2.45, 2.75) is 26.3 Å². The molecule has 0 saturated carbocycles. The summed E-state index contributed by atoms with van der Waals surface area (Å²) >= 11 is 0. The maximum absolute atomic E-state index is 10.5. The fourth-order valence-electron chi connectivity index (χ4n) is 1.90. The largest absolute Gasteiger partial charge is 0.344 e. The number of nitrogens with zero attached hydrogens (tertiary/aromatic N) is 2. The summed E-state index contributed by atoms with van der Waals surface area (Å²) in [6, 6.07) is 0.602. The second-order valence-electron chi connectivity index (χ2n) is 3.26. The molecule has 12 heavy (non-hydrogen) atoms. The highest BCUT2D eigenvalue weighted by molar-refractivity contribution is 5.47. The smallest absolute Gasteiger partial charge is 0.209 e. The van der Waals surface area contributed by atoms with Crippen molar-refractivity contribution in [3.8, 4) is 0 Å². The molecule has 1 aliphatic heterocycles. The van der Waals surface area contributed by atoms with Gasteiger partial charge in [0, 0.05) is 19.1 Å². The lowest BCUT2D eigenvalue weighted by molar-refractivity contribution is -0.117. The van der Waals surface area contributed by atoms with E-state index in [1.807, 2.05) is 4.90 Å². The molecule has 1 saturated heterocycles. The van der Waals surface area contributed by atoms with E-state index in [1.54, 1.807) is 0 Å². The molecule has 0 aromatic heterocycles. The molecule has 1 unspecified atom stereocenters. The van der Waals surface area contributed by atoms with Gasteiger partial charge in [0.15, 0.2) is 0 Å². The van der Waals surface area contributed by atoms with Gasteiger partial charge in [-0.05, 0) is 19.5 Å². The predicted molar refractivity (Wildman–Crippen MR) is 49.0 cm³/mol. The van der Waals surface area contributed by atoms with Gasteiger partial charge in [-0.25, -0.2) is 0 Å². The molecule has 1 heterocycles. The van der Waals surface area contributed by atoms with E-state index < -0.39 is 0 Å². The topological polar surface area (TPSA) is 23.6 Å². The van der Waals surface area contributed by atoms with Crippen LogP contribution in [0.3, 0.4) is 0 Å². The minimum absolute atomic E-state index is 0.602. The van der Waals surface area contributed by atoms with Crippen LogP contribution < -0.4 is 0 Å². The van der Waals surface area contributed by atoms with E-state index in [1.165, 1.54) is 0 Å². The van der Waals surface area contributed by atoms with E-state index in [-0.39, 0.29) is 0 Å². The number of likely N-dealkylation sites (N-methyl/N-ethyl adjacent to an activating group) is 1. The van der Waals surface area contributed by atoms with Gasteiger partial charge in [-0.2, -0.15) is 0 Å². The van der Waals surface area contributed by atoms with Crippen molar-refractivity contribution >= 4 is 6.41 Å². The Kier molecular flexibility index (Phi) is 3.53. The van der Waals surface area contributed by atoms with Crippen molar-refractivity contribution in [1.82, 2.24) is 9.80 Å². The lowest BCUT2D eigenvalue weighted by Gasteiger charge is -2.25. The van der Waals surface area contributed by atoms with Crippen molar-refractivity contribution < 1.29 is 4.79 Å². The Hall–Kier alpha value is -0.570. The molecule has 1 rings (SSSR count). The summed E-state index contributed by atoms with van der Waals surface area (Å²) in [7, 11) is 0. The third-order valence-electron chi connectivity index (χ3n) is 2.67. The number of hydrogen-bond acceptors (Lipinski definition) is 2. The second-order valence-corrected chi connectivity index (χ2v) is 3.26. The number of hydrogen-bond donors (Lipinski definition) is 0. The highest BCUT2D eigenvalue weighted by Gasteiger charge is 2.24. The molecule has 0 spiro atoms. The van der Waals surface area contributed by atoms with Gasteiger partial charge in [-0.15, -0.1) is 0 Å². The summed E-state index contributed by atoms with van der Waals surface area (Å²) in [5.74, 6) is 0. The maximum atomic E-state index is 10.5. The normalized spacial score (nSPS) is 23.6. The summed E-state index contributed by atoms with van der Waals surface area (Å²) in [6.07, 6.45) is 2.10. The molecule has 1 amide bonds. The Bertz CT molecular complexity index is 145. The van der Waals surface area contributed by atoms with Crippen LogP contribution in [0, 0.1) is 0 Å². The van der Waals surface area contributed by atoms with Gasteiger partial charge in [0.1, 0.15) is 0 Å². The van der Waals surface area contributed by atoms with Gasteiger partial charge in [0.25, 0.3) is 0 Å². The minimum Gasteiger partial charge on any atom is -0.344 e. The molecule has 0 aromatic carbocycles. The van der Waals surface area contributed by atoms with Crippen LogP contribution in [0.25, 0.3) is 0 Å². The van der Waals surface area contributed by atoms with Crippen molar-refractivity contribution in [2.75, 3.05) is 26.2 Å². The van der Waals surface area contributed by atoms with Crippen molar-refractivity contribution in [3.63, 3.8) is 0 Å². The Morgan fingerprint density at radius 3 is 2.58 bits per heavy atom. The molecular weight excluding hydrogens is 152 g/mol. The van der Waals surface area contributed by atoms with Crippen molar-refractivity contribution in [3.05, 3.63) is 0 Å². The average molecular weight is 170 g/mol. The molecule has 0 aliphatic carbocycles. The van der Waals surface area contributed by atoms with Crippen LogP contribution in [0.5, 0.6) is 0 Å². The first kappa shape index (κ1) is 9.52. The highest BCUT2D eigenvalue weighted by Crippen LogP contribution is 2.13. The Labute approximate surface area is 74.3 Å². The molecule has 0 radical (unpaired) electrons. The van der Waals surface area contributed by atoms with Gasteiger partial charge in [-0.1, -0.05) is 13.8 Å². The third kappa shape index (κ3) is 1.97.